The Hall–Kier alpha value is -1.99. The Kier molecular flexibility index (Phi) is 14.6. The minimum absolute atomic E-state index is 0.268. The van der Waals surface area contributed by atoms with Crippen molar-refractivity contribution in [1.82, 2.24) is 9.97 Å². The number of unbranched alkanes of at least 4 members (excludes halogenated alkanes) is 15. The van der Waals surface area contributed by atoms with E-state index in [-0.39, 0.29) is 5.78 Å². The topological polar surface area (TPSA) is 58.9 Å². The van der Waals surface area contributed by atoms with Gasteiger partial charge in [0.15, 0.2) is 11.3 Å². The average molecular weight is 681 g/mol. The lowest BCUT2D eigenvalue weighted by Crippen LogP contribution is -2.37. The largest absolute Gasteiger partial charge is 0.496 e. The highest BCUT2D eigenvalue weighted by atomic mass is 33.1. The zero-order chi connectivity index (χ0) is 33.9. The summed E-state index contributed by atoms with van der Waals surface area (Å²) in [5, 5.41) is 0. The molecule has 0 saturated heterocycles. The van der Waals surface area contributed by atoms with Gasteiger partial charge < -0.3 is 4.74 Å². The maximum Gasteiger partial charge on any atom is 0.402 e. The van der Waals surface area contributed by atoms with Crippen LogP contribution in [0.4, 0.5) is 0 Å². The van der Waals surface area contributed by atoms with Crippen molar-refractivity contribution in [2.75, 3.05) is 12.9 Å². The van der Waals surface area contributed by atoms with E-state index in [9.17, 15) is 4.79 Å². The van der Waals surface area contributed by atoms with Crippen LogP contribution in [-0.4, -0.2) is 28.6 Å². The Balaban J connectivity index is 1.20. The van der Waals surface area contributed by atoms with Crippen molar-refractivity contribution in [3.63, 3.8) is 0 Å². The lowest BCUT2D eigenvalue weighted by Gasteiger charge is -2.21. The molecule has 0 bridgehead atoms. The van der Waals surface area contributed by atoms with E-state index in [1.165, 1.54) is 114 Å². The van der Waals surface area contributed by atoms with Crippen molar-refractivity contribution in [1.29, 1.82) is 0 Å². The first kappa shape index (κ1) is 37.8. The maximum atomic E-state index is 13.2. The number of carbonyl (C=O) groups excluding carboxylic acids is 1. The number of imidazole rings is 1. The maximum absolute atomic E-state index is 13.2. The molecule has 5 nitrogen and oxygen atoms in total. The number of ketones is 1. The van der Waals surface area contributed by atoms with Crippen molar-refractivity contribution in [3.05, 3.63) is 46.8 Å². The third kappa shape index (κ3) is 9.59. The van der Waals surface area contributed by atoms with Gasteiger partial charge in [-0.15, -0.1) is 0 Å². The molecule has 2 aromatic heterocycles. The van der Waals surface area contributed by atoms with E-state index in [1.54, 1.807) is 7.11 Å². The monoisotopic (exact) mass is 680 g/mol. The molecule has 0 atom stereocenters. The van der Waals surface area contributed by atoms with E-state index in [1.807, 2.05) is 55.3 Å². The minimum atomic E-state index is -0.512. The van der Waals surface area contributed by atoms with Crippen LogP contribution in [0.25, 0.3) is 17.0 Å². The van der Waals surface area contributed by atoms with Gasteiger partial charge in [0.2, 0.25) is 0 Å². The number of nitrogens with zero attached hydrogens (tertiary/aromatic N) is 2. The second-order valence-electron chi connectivity index (χ2n) is 14.8. The molecule has 0 aliphatic heterocycles. The Morgan fingerprint density at radius 2 is 1.32 bits per heavy atom. The first-order valence-corrected chi connectivity index (χ1v) is 21.0. The molecule has 4 rings (SSSR count). The van der Waals surface area contributed by atoms with E-state index >= 15 is 0 Å². The molecule has 0 radical (unpaired) electrons. The number of fused-ring (bicyclic) bond motifs is 2. The molecule has 3 aromatic rings. The zero-order valence-electron chi connectivity index (χ0n) is 30.6. The lowest BCUT2D eigenvalue weighted by atomic mass is 9.80. The van der Waals surface area contributed by atoms with Gasteiger partial charge >= 0.3 is 5.95 Å². The summed E-state index contributed by atoms with van der Waals surface area (Å²) >= 11 is 0. The van der Waals surface area contributed by atoms with Crippen molar-refractivity contribution < 1.29 is 14.1 Å². The van der Waals surface area contributed by atoms with E-state index in [0.717, 1.165) is 45.2 Å². The summed E-state index contributed by atoms with van der Waals surface area (Å²) in [5.41, 5.74) is 5.37. The van der Waals surface area contributed by atoms with Crippen molar-refractivity contribution >= 4 is 38.4 Å². The van der Waals surface area contributed by atoms with E-state index in [2.05, 4.69) is 41.7 Å². The number of hydrogen-bond acceptors (Lipinski definition) is 5. The molecule has 260 valence electrons. The van der Waals surface area contributed by atoms with Crippen molar-refractivity contribution in [2.24, 2.45) is 0 Å². The molecule has 0 amide bonds. The average Bonchev–Trinajstić information content (AvgIpc) is 3.53. The summed E-state index contributed by atoms with van der Waals surface area (Å²) in [7, 11) is 5.64. The summed E-state index contributed by atoms with van der Waals surface area (Å²) in [6.07, 6.45) is 24.6. The number of aromatic amines is 1. The number of pyridine rings is 1. The van der Waals surface area contributed by atoms with Gasteiger partial charge in [-0.2, -0.15) is 0 Å². The number of nitrogens with one attached hydrogen (secondary N) is 1. The Morgan fingerprint density at radius 1 is 0.787 bits per heavy atom. The molecule has 1 aromatic carbocycles. The van der Waals surface area contributed by atoms with E-state index in [0.29, 0.717) is 0 Å². The number of Topliss-reactive ketones (excluding diaryl/α,β-unsaturated/α-hetero) is 1. The van der Waals surface area contributed by atoms with Gasteiger partial charge in [-0.25, -0.2) is 9.55 Å². The molecular weight excluding hydrogens is 619 g/mol. The summed E-state index contributed by atoms with van der Waals surface area (Å²) in [5.74, 6) is 4.03. The molecule has 2 heterocycles. The summed E-state index contributed by atoms with van der Waals surface area (Å²) in [6, 6.07) is 6.29. The number of carbonyl (C=O) groups is 1. The third-order valence-electron chi connectivity index (χ3n) is 10.4. The fraction of sp³-hybridized carbons (Fsp3) is 0.675. The number of hydrogen-bond donors (Lipinski definition) is 1. The summed E-state index contributed by atoms with van der Waals surface area (Å²) in [4.78, 5) is 21.8. The van der Waals surface area contributed by atoms with Gasteiger partial charge in [0.25, 0.3) is 0 Å². The number of aromatic nitrogens is 3. The SMILES string of the molecule is CCCCCCCCCCCCCCCCCCSSCc1c(C)c(OC)cc[n+]1-c1nc2cc3c(cc2[nH]1)C(C)(C)C(=O)C3(C)C. The minimum Gasteiger partial charge on any atom is -0.496 e. The quantitative estimate of drug-likeness (QED) is 0.0650. The fourth-order valence-electron chi connectivity index (χ4n) is 7.36. The second-order valence-corrected chi connectivity index (χ2v) is 17.4. The predicted octanol–water partition coefficient (Wildman–Crippen LogP) is 11.4. The molecule has 0 fully saturated rings. The normalized spacial score (nSPS) is 15.1. The van der Waals surface area contributed by atoms with Crippen molar-refractivity contribution in [3.8, 4) is 11.7 Å². The second kappa shape index (κ2) is 18.1. The predicted molar refractivity (Wildman–Crippen MR) is 203 cm³/mol. The van der Waals surface area contributed by atoms with Crippen LogP contribution >= 0.6 is 21.6 Å². The Labute approximate surface area is 293 Å². The molecule has 1 N–H and O–H groups in total. The number of benzene rings is 1. The fourth-order valence-corrected chi connectivity index (χ4v) is 9.64. The van der Waals surface area contributed by atoms with Crippen LogP contribution in [0.15, 0.2) is 24.4 Å². The highest BCUT2D eigenvalue weighted by Crippen LogP contribution is 2.47. The smallest absolute Gasteiger partial charge is 0.402 e. The highest BCUT2D eigenvalue weighted by molar-refractivity contribution is 8.76. The molecule has 47 heavy (non-hydrogen) atoms. The first-order chi connectivity index (χ1) is 22.6. The molecular formula is C40H62N3O2S2+. The molecule has 1 aliphatic carbocycles. The van der Waals surface area contributed by atoms with E-state index < -0.39 is 10.8 Å². The Morgan fingerprint density at radius 3 is 1.87 bits per heavy atom. The number of methoxy groups -OCH3 is 1. The first-order valence-electron chi connectivity index (χ1n) is 18.6. The molecule has 0 saturated carbocycles. The van der Waals surface area contributed by atoms with Crippen LogP contribution in [0.5, 0.6) is 5.75 Å². The van der Waals surface area contributed by atoms with Gasteiger partial charge in [0.1, 0.15) is 17.0 Å². The number of H-pyrrole nitrogens is 1. The molecule has 7 heteroatoms. The molecule has 0 spiro atoms. The van der Waals surface area contributed by atoms with Gasteiger partial charge in [0.05, 0.1) is 19.1 Å². The standard InChI is InChI=1S/C40H62N3O2S2/c1-8-9-10-11-12-13-14-15-16-17-18-19-20-21-22-23-26-46-47-29-35-30(2)36(45-7)24-25-43(35)38-41-33-27-31-32(28-34(33)42-38)40(5,6)37(44)39(31,3)4/h24-25,27-28H,8-23,26,29H2,1-7H3,(H,41,42)/q+1. The van der Waals surface area contributed by atoms with Gasteiger partial charge in [-0.05, 0) is 64.3 Å². The van der Waals surface area contributed by atoms with Crippen LogP contribution in [0.3, 0.4) is 0 Å². The summed E-state index contributed by atoms with van der Waals surface area (Å²) in [6.45, 7) is 12.6. The third-order valence-corrected chi connectivity index (χ3v) is 12.7. The zero-order valence-corrected chi connectivity index (χ0v) is 32.2. The number of rotatable bonds is 22. The van der Waals surface area contributed by atoms with Gasteiger partial charge in [-0.3, -0.25) is 4.79 Å². The van der Waals surface area contributed by atoms with E-state index in [4.69, 9.17) is 9.72 Å². The van der Waals surface area contributed by atoms with Gasteiger partial charge in [-0.1, -0.05) is 130 Å². The lowest BCUT2D eigenvalue weighted by molar-refractivity contribution is -0.610. The van der Waals surface area contributed by atoms with Crippen LogP contribution in [0.2, 0.25) is 0 Å². The van der Waals surface area contributed by atoms with Crippen LogP contribution in [0.1, 0.15) is 160 Å². The van der Waals surface area contributed by atoms with Crippen LogP contribution in [-0.2, 0) is 21.4 Å². The van der Waals surface area contributed by atoms with Crippen LogP contribution in [0, 0.1) is 6.92 Å². The van der Waals surface area contributed by atoms with Crippen molar-refractivity contribution in [2.45, 2.75) is 161 Å². The molecule has 1 aliphatic rings. The Bertz CT molecular complexity index is 1390. The summed E-state index contributed by atoms with van der Waals surface area (Å²) < 4.78 is 7.87. The van der Waals surface area contributed by atoms with Gasteiger partial charge in [0, 0.05) is 28.2 Å². The molecule has 0 unspecified atom stereocenters. The van der Waals surface area contributed by atoms with Crippen LogP contribution < -0.4 is 9.30 Å². The highest BCUT2D eigenvalue weighted by Gasteiger charge is 2.50. The number of ether oxygens (including phenoxy) is 1.